The molecule has 0 bridgehead atoms. The summed E-state index contributed by atoms with van der Waals surface area (Å²) >= 11 is 0. The van der Waals surface area contributed by atoms with Crippen LogP contribution in [-0.2, 0) is 0 Å². The zero-order valence-corrected chi connectivity index (χ0v) is 9.11. The largest absolute Gasteiger partial charge is 0.454 e. The lowest BCUT2D eigenvalue weighted by atomic mass is 10.1. The predicted molar refractivity (Wildman–Crippen MR) is 57.5 cm³/mol. The first-order valence-corrected chi connectivity index (χ1v) is 5.08. The average molecular weight is 217 g/mol. The van der Waals surface area contributed by atoms with Gasteiger partial charge in [0.2, 0.25) is 6.79 Å². The van der Waals surface area contributed by atoms with Crippen molar-refractivity contribution < 1.29 is 14.0 Å². The number of ether oxygens (including phenoxy) is 2. The van der Waals surface area contributed by atoms with Crippen LogP contribution in [0.5, 0.6) is 11.5 Å². The standard InChI is InChI=1S/C12H11NO3/c1-7-3-11-12(15-6-14-11)5-9(7)10-4-8(2)13-16-10/h3-5H,6H2,1-2H3. The third-order valence-electron chi connectivity index (χ3n) is 2.61. The van der Waals surface area contributed by atoms with Gasteiger partial charge in [-0.3, -0.25) is 0 Å². The van der Waals surface area contributed by atoms with E-state index in [9.17, 15) is 0 Å². The van der Waals surface area contributed by atoms with Crippen molar-refractivity contribution in [2.24, 2.45) is 0 Å². The van der Waals surface area contributed by atoms with Gasteiger partial charge in [0.1, 0.15) is 0 Å². The van der Waals surface area contributed by atoms with Crippen LogP contribution in [0, 0.1) is 13.8 Å². The summed E-state index contributed by atoms with van der Waals surface area (Å²) in [4.78, 5) is 0. The van der Waals surface area contributed by atoms with Gasteiger partial charge in [0.15, 0.2) is 17.3 Å². The molecule has 0 saturated carbocycles. The molecule has 0 N–H and O–H groups in total. The van der Waals surface area contributed by atoms with Gasteiger partial charge in [-0.15, -0.1) is 0 Å². The molecule has 0 spiro atoms. The van der Waals surface area contributed by atoms with Gasteiger partial charge in [-0.25, -0.2) is 0 Å². The molecule has 0 atom stereocenters. The van der Waals surface area contributed by atoms with E-state index in [1.54, 1.807) is 0 Å². The van der Waals surface area contributed by atoms with Crippen LogP contribution in [0.4, 0.5) is 0 Å². The Morgan fingerprint density at radius 1 is 1.06 bits per heavy atom. The Bertz CT molecular complexity index is 545. The van der Waals surface area contributed by atoms with Crippen LogP contribution < -0.4 is 9.47 Å². The monoisotopic (exact) mass is 217 g/mol. The summed E-state index contributed by atoms with van der Waals surface area (Å²) < 4.78 is 15.9. The lowest BCUT2D eigenvalue weighted by molar-refractivity contribution is 0.174. The lowest BCUT2D eigenvalue weighted by Crippen LogP contribution is -1.92. The maximum Gasteiger partial charge on any atom is 0.231 e. The van der Waals surface area contributed by atoms with Crippen molar-refractivity contribution >= 4 is 0 Å². The predicted octanol–water partition coefficient (Wildman–Crippen LogP) is 2.69. The van der Waals surface area contributed by atoms with E-state index in [1.165, 1.54) is 0 Å². The topological polar surface area (TPSA) is 44.5 Å². The first-order chi connectivity index (χ1) is 7.74. The minimum absolute atomic E-state index is 0.285. The number of hydrogen-bond acceptors (Lipinski definition) is 4. The van der Waals surface area contributed by atoms with Gasteiger partial charge in [0.05, 0.1) is 5.69 Å². The van der Waals surface area contributed by atoms with E-state index in [0.29, 0.717) is 0 Å². The van der Waals surface area contributed by atoms with Gasteiger partial charge in [-0.1, -0.05) is 5.16 Å². The highest BCUT2D eigenvalue weighted by atomic mass is 16.7. The molecule has 0 saturated heterocycles. The molecule has 82 valence electrons. The molecule has 0 amide bonds. The minimum atomic E-state index is 0.285. The fourth-order valence-corrected chi connectivity index (χ4v) is 1.80. The second kappa shape index (κ2) is 3.27. The Balaban J connectivity index is 2.14. The highest BCUT2D eigenvalue weighted by molar-refractivity contribution is 5.67. The fourth-order valence-electron chi connectivity index (χ4n) is 1.80. The van der Waals surface area contributed by atoms with Crippen molar-refractivity contribution in [3.8, 4) is 22.8 Å². The second-order valence-electron chi connectivity index (χ2n) is 3.85. The van der Waals surface area contributed by atoms with Crippen LogP contribution in [-0.4, -0.2) is 11.9 Å². The number of fused-ring (bicyclic) bond motifs is 1. The second-order valence-corrected chi connectivity index (χ2v) is 3.85. The summed E-state index contributed by atoms with van der Waals surface area (Å²) in [6.45, 7) is 4.19. The maximum absolute atomic E-state index is 5.34. The molecule has 1 aliphatic heterocycles. The van der Waals surface area contributed by atoms with Crippen LogP contribution in [0.3, 0.4) is 0 Å². The third-order valence-corrected chi connectivity index (χ3v) is 2.61. The summed E-state index contributed by atoms with van der Waals surface area (Å²) in [5.41, 5.74) is 2.94. The lowest BCUT2D eigenvalue weighted by Gasteiger charge is -2.03. The molecule has 4 nitrogen and oxygen atoms in total. The summed E-state index contributed by atoms with van der Waals surface area (Å²) in [5, 5.41) is 3.88. The number of hydrogen-bond donors (Lipinski definition) is 0. The number of aromatic nitrogens is 1. The molecule has 1 aliphatic rings. The quantitative estimate of drug-likeness (QED) is 0.736. The summed E-state index contributed by atoms with van der Waals surface area (Å²) in [6.07, 6.45) is 0. The normalized spacial score (nSPS) is 13.1. The molecule has 1 aromatic heterocycles. The van der Waals surface area contributed by atoms with E-state index in [0.717, 1.165) is 34.1 Å². The zero-order chi connectivity index (χ0) is 11.1. The summed E-state index contributed by atoms with van der Waals surface area (Å²) in [6, 6.07) is 5.79. The van der Waals surface area contributed by atoms with E-state index in [2.05, 4.69) is 5.16 Å². The number of rotatable bonds is 1. The van der Waals surface area contributed by atoms with Crippen molar-refractivity contribution in [2.75, 3.05) is 6.79 Å². The highest BCUT2D eigenvalue weighted by Gasteiger charge is 2.18. The Labute approximate surface area is 92.8 Å². The van der Waals surface area contributed by atoms with E-state index in [4.69, 9.17) is 14.0 Å². The van der Waals surface area contributed by atoms with Crippen LogP contribution in [0.2, 0.25) is 0 Å². The fraction of sp³-hybridized carbons (Fsp3) is 0.250. The molecule has 1 aromatic carbocycles. The molecule has 0 unspecified atom stereocenters. The van der Waals surface area contributed by atoms with Crippen molar-refractivity contribution in [3.63, 3.8) is 0 Å². The first kappa shape index (κ1) is 9.27. The molecule has 3 rings (SSSR count). The van der Waals surface area contributed by atoms with Crippen molar-refractivity contribution in [1.82, 2.24) is 5.16 Å². The van der Waals surface area contributed by atoms with Gasteiger partial charge < -0.3 is 14.0 Å². The smallest absolute Gasteiger partial charge is 0.231 e. The SMILES string of the molecule is Cc1cc(-c2cc3c(cc2C)OCO3)on1. The molecule has 16 heavy (non-hydrogen) atoms. The van der Waals surface area contributed by atoms with Gasteiger partial charge in [0.25, 0.3) is 0 Å². The van der Waals surface area contributed by atoms with Crippen LogP contribution in [0.15, 0.2) is 22.7 Å². The van der Waals surface area contributed by atoms with Gasteiger partial charge in [0, 0.05) is 11.6 Å². The first-order valence-electron chi connectivity index (χ1n) is 5.08. The van der Waals surface area contributed by atoms with Crippen molar-refractivity contribution in [1.29, 1.82) is 0 Å². The molecule has 4 heteroatoms. The maximum atomic E-state index is 5.34. The Kier molecular flexibility index (Phi) is 1.89. The molecule has 0 aliphatic carbocycles. The van der Waals surface area contributed by atoms with Gasteiger partial charge >= 0.3 is 0 Å². The third kappa shape index (κ3) is 1.34. The van der Waals surface area contributed by atoms with E-state index < -0.39 is 0 Å². The van der Waals surface area contributed by atoms with Crippen LogP contribution in [0.1, 0.15) is 11.3 Å². The Morgan fingerprint density at radius 2 is 1.81 bits per heavy atom. The minimum Gasteiger partial charge on any atom is -0.454 e. The van der Waals surface area contributed by atoms with Crippen molar-refractivity contribution in [3.05, 3.63) is 29.5 Å². The van der Waals surface area contributed by atoms with E-state index in [1.807, 2.05) is 32.0 Å². The molecule has 2 aromatic rings. The Morgan fingerprint density at radius 3 is 2.50 bits per heavy atom. The Hall–Kier alpha value is -1.97. The number of benzene rings is 1. The van der Waals surface area contributed by atoms with Gasteiger partial charge in [-0.05, 0) is 31.5 Å². The van der Waals surface area contributed by atoms with Gasteiger partial charge in [-0.2, -0.15) is 0 Å². The molecular formula is C12H11NO3. The molecular weight excluding hydrogens is 206 g/mol. The van der Waals surface area contributed by atoms with E-state index in [-0.39, 0.29) is 6.79 Å². The van der Waals surface area contributed by atoms with Crippen LogP contribution in [0.25, 0.3) is 11.3 Å². The van der Waals surface area contributed by atoms with Crippen molar-refractivity contribution in [2.45, 2.75) is 13.8 Å². The highest BCUT2D eigenvalue weighted by Crippen LogP contribution is 2.38. The molecule has 0 radical (unpaired) electrons. The summed E-state index contributed by atoms with van der Waals surface area (Å²) in [5.74, 6) is 2.31. The molecule has 0 fully saturated rings. The van der Waals surface area contributed by atoms with Crippen LogP contribution >= 0.6 is 0 Å². The number of aryl methyl sites for hydroxylation is 2. The number of nitrogens with zero attached hydrogens (tertiary/aromatic N) is 1. The summed E-state index contributed by atoms with van der Waals surface area (Å²) in [7, 11) is 0. The van der Waals surface area contributed by atoms with E-state index >= 15 is 0 Å². The zero-order valence-electron chi connectivity index (χ0n) is 9.11. The average Bonchev–Trinajstić information content (AvgIpc) is 2.84. The molecule has 2 heterocycles.